The van der Waals surface area contributed by atoms with Crippen LogP contribution in [0.4, 0.5) is 5.69 Å². The molecule has 0 aromatic heterocycles. The summed E-state index contributed by atoms with van der Waals surface area (Å²) >= 11 is 0. The molecule has 1 heterocycles. The first-order valence-electron chi connectivity index (χ1n) is 9.82. The topological polar surface area (TPSA) is 56.7 Å². The molecule has 0 bridgehead atoms. The standard InChI is InChI=1S/C21H32N4O/c1-21(2)11-12-25(15-21)20(22-3)23-14-16-7-6-10-18(13-16)24-19(26)17-8-4-5-9-17/h6-7,10,13,17H,4-5,8-9,11-12,14-15H2,1-3H3,(H,22,23)(H,24,26). The first-order chi connectivity index (χ1) is 12.5. The first-order valence-corrected chi connectivity index (χ1v) is 9.82. The fourth-order valence-corrected chi connectivity index (χ4v) is 4.00. The van der Waals surface area contributed by atoms with E-state index in [9.17, 15) is 4.79 Å². The van der Waals surface area contributed by atoms with E-state index in [2.05, 4.69) is 46.5 Å². The van der Waals surface area contributed by atoms with Gasteiger partial charge in [0.15, 0.2) is 5.96 Å². The van der Waals surface area contributed by atoms with Crippen LogP contribution in [0.2, 0.25) is 0 Å². The number of carbonyl (C=O) groups excluding carboxylic acids is 1. The van der Waals surface area contributed by atoms with E-state index in [1.54, 1.807) is 0 Å². The Labute approximate surface area is 157 Å². The normalized spacial score (nSPS) is 20.4. The molecule has 0 atom stereocenters. The zero-order chi connectivity index (χ0) is 18.6. The molecule has 1 aliphatic carbocycles. The minimum Gasteiger partial charge on any atom is -0.352 e. The minimum absolute atomic E-state index is 0.169. The van der Waals surface area contributed by atoms with Gasteiger partial charge in [-0.2, -0.15) is 0 Å². The van der Waals surface area contributed by atoms with Gasteiger partial charge in [0.25, 0.3) is 0 Å². The number of anilines is 1. The Morgan fingerprint density at radius 3 is 2.73 bits per heavy atom. The van der Waals surface area contributed by atoms with Gasteiger partial charge in [-0.15, -0.1) is 0 Å². The number of nitrogens with zero attached hydrogens (tertiary/aromatic N) is 2. The third-order valence-electron chi connectivity index (χ3n) is 5.56. The van der Waals surface area contributed by atoms with Gasteiger partial charge in [-0.1, -0.05) is 38.8 Å². The summed E-state index contributed by atoms with van der Waals surface area (Å²) in [5.41, 5.74) is 2.38. The van der Waals surface area contributed by atoms with Crippen molar-refractivity contribution < 1.29 is 4.79 Å². The van der Waals surface area contributed by atoms with E-state index >= 15 is 0 Å². The molecule has 0 spiro atoms. The molecule has 1 aromatic rings. The molecule has 26 heavy (non-hydrogen) atoms. The molecule has 1 saturated carbocycles. The summed E-state index contributed by atoms with van der Waals surface area (Å²) in [7, 11) is 1.84. The zero-order valence-corrected chi connectivity index (χ0v) is 16.3. The molecule has 1 aliphatic heterocycles. The van der Waals surface area contributed by atoms with Crippen LogP contribution in [0.3, 0.4) is 0 Å². The number of likely N-dealkylation sites (tertiary alicyclic amines) is 1. The molecule has 1 amide bonds. The zero-order valence-electron chi connectivity index (χ0n) is 16.3. The maximum atomic E-state index is 12.3. The van der Waals surface area contributed by atoms with Gasteiger partial charge in [0.1, 0.15) is 0 Å². The van der Waals surface area contributed by atoms with Crippen molar-refractivity contribution in [3.63, 3.8) is 0 Å². The largest absolute Gasteiger partial charge is 0.352 e. The summed E-state index contributed by atoms with van der Waals surface area (Å²) in [6, 6.07) is 8.11. The number of nitrogens with one attached hydrogen (secondary N) is 2. The van der Waals surface area contributed by atoms with Crippen LogP contribution in [0.5, 0.6) is 0 Å². The number of guanidine groups is 1. The van der Waals surface area contributed by atoms with E-state index < -0.39 is 0 Å². The van der Waals surface area contributed by atoms with Crippen molar-refractivity contribution in [3.05, 3.63) is 29.8 Å². The Balaban J connectivity index is 1.55. The number of hydrogen-bond donors (Lipinski definition) is 2. The Morgan fingerprint density at radius 1 is 1.31 bits per heavy atom. The molecule has 1 aromatic carbocycles. The van der Waals surface area contributed by atoms with Crippen molar-refractivity contribution >= 4 is 17.6 Å². The van der Waals surface area contributed by atoms with Crippen molar-refractivity contribution in [1.82, 2.24) is 10.2 Å². The molecule has 0 radical (unpaired) electrons. The van der Waals surface area contributed by atoms with Crippen LogP contribution < -0.4 is 10.6 Å². The van der Waals surface area contributed by atoms with Crippen LogP contribution in [0.25, 0.3) is 0 Å². The second-order valence-electron chi connectivity index (χ2n) is 8.41. The van der Waals surface area contributed by atoms with Gasteiger partial charge in [0.2, 0.25) is 5.91 Å². The predicted octanol–water partition coefficient (Wildman–Crippen LogP) is 3.62. The van der Waals surface area contributed by atoms with E-state index in [4.69, 9.17) is 0 Å². The molecule has 1 saturated heterocycles. The fraction of sp³-hybridized carbons (Fsp3) is 0.619. The molecule has 0 unspecified atom stereocenters. The number of rotatable bonds is 4. The van der Waals surface area contributed by atoms with Gasteiger partial charge in [-0.3, -0.25) is 9.79 Å². The highest BCUT2D eigenvalue weighted by Gasteiger charge is 2.30. The molecule has 2 N–H and O–H groups in total. The number of benzene rings is 1. The Hall–Kier alpha value is -2.04. The molecular formula is C21H32N4O. The van der Waals surface area contributed by atoms with Crippen LogP contribution in [0.1, 0.15) is 51.5 Å². The Kier molecular flexibility index (Phi) is 5.84. The van der Waals surface area contributed by atoms with E-state index in [0.29, 0.717) is 12.0 Å². The average molecular weight is 357 g/mol. The van der Waals surface area contributed by atoms with Crippen molar-refractivity contribution in [2.75, 3.05) is 25.5 Å². The number of carbonyl (C=O) groups is 1. The third kappa shape index (κ3) is 4.77. The number of hydrogen-bond acceptors (Lipinski definition) is 2. The van der Waals surface area contributed by atoms with Crippen LogP contribution >= 0.6 is 0 Å². The van der Waals surface area contributed by atoms with Crippen molar-refractivity contribution in [3.8, 4) is 0 Å². The van der Waals surface area contributed by atoms with Crippen LogP contribution in [0.15, 0.2) is 29.3 Å². The van der Waals surface area contributed by atoms with Gasteiger partial charge < -0.3 is 15.5 Å². The van der Waals surface area contributed by atoms with Gasteiger partial charge in [-0.05, 0) is 42.4 Å². The van der Waals surface area contributed by atoms with E-state index in [1.807, 2.05) is 19.2 Å². The lowest BCUT2D eigenvalue weighted by molar-refractivity contribution is -0.119. The quantitative estimate of drug-likeness (QED) is 0.640. The smallest absolute Gasteiger partial charge is 0.227 e. The summed E-state index contributed by atoms with van der Waals surface area (Å²) in [6.07, 6.45) is 5.59. The summed E-state index contributed by atoms with van der Waals surface area (Å²) in [6.45, 7) is 7.39. The van der Waals surface area contributed by atoms with Crippen LogP contribution in [-0.2, 0) is 11.3 Å². The summed E-state index contributed by atoms with van der Waals surface area (Å²) < 4.78 is 0. The van der Waals surface area contributed by atoms with Gasteiger partial charge in [-0.25, -0.2) is 0 Å². The fourth-order valence-electron chi connectivity index (χ4n) is 4.00. The second-order valence-corrected chi connectivity index (χ2v) is 8.41. The van der Waals surface area contributed by atoms with Crippen molar-refractivity contribution in [1.29, 1.82) is 0 Å². The van der Waals surface area contributed by atoms with Crippen molar-refractivity contribution in [2.45, 2.75) is 52.5 Å². The summed E-state index contributed by atoms with van der Waals surface area (Å²) in [5, 5.41) is 6.55. The third-order valence-corrected chi connectivity index (χ3v) is 5.56. The Morgan fingerprint density at radius 2 is 2.08 bits per heavy atom. The lowest BCUT2D eigenvalue weighted by Crippen LogP contribution is -2.40. The molecule has 5 heteroatoms. The van der Waals surface area contributed by atoms with Gasteiger partial charge >= 0.3 is 0 Å². The number of amides is 1. The first kappa shape index (κ1) is 18.7. The molecule has 142 valence electrons. The SMILES string of the molecule is CN=C(NCc1cccc(NC(=O)C2CCCC2)c1)N1CCC(C)(C)C1. The highest BCUT2D eigenvalue weighted by atomic mass is 16.1. The van der Waals surface area contributed by atoms with Crippen LogP contribution in [0, 0.1) is 11.3 Å². The maximum Gasteiger partial charge on any atom is 0.227 e. The second kappa shape index (κ2) is 8.11. The molecular weight excluding hydrogens is 324 g/mol. The van der Waals surface area contributed by atoms with Gasteiger partial charge in [0.05, 0.1) is 0 Å². The Bertz CT molecular complexity index is 662. The van der Waals surface area contributed by atoms with E-state index in [0.717, 1.165) is 43.1 Å². The summed E-state index contributed by atoms with van der Waals surface area (Å²) in [5.74, 6) is 1.31. The minimum atomic E-state index is 0.169. The highest BCUT2D eigenvalue weighted by Crippen LogP contribution is 2.29. The van der Waals surface area contributed by atoms with Crippen molar-refractivity contribution in [2.24, 2.45) is 16.3 Å². The predicted molar refractivity (Wildman–Crippen MR) is 107 cm³/mol. The number of aliphatic imine (C=N–C) groups is 1. The molecule has 3 rings (SSSR count). The monoisotopic (exact) mass is 356 g/mol. The molecule has 2 aliphatic rings. The van der Waals surface area contributed by atoms with Gasteiger partial charge in [0, 0.05) is 38.3 Å². The lowest BCUT2D eigenvalue weighted by atomic mass is 9.93. The average Bonchev–Trinajstić information content (AvgIpc) is 3.26. The molecule has 5 nitrogen and oxygen atoms in total. The highest BCUT2D eigenvalue weighted by molar-refractivity contribution is 5.92. The summed E-state index contributed by atoms with van der Waals surface area (Å²) in [4.78, 5) is 19.1. The lowest BCUT2D eigenvalue weighted by Gasteiger charge is -2.23. The van der Waals surface area contributed by atoms with Crippen LogP contribution in [-0.4, -0.2) is 36.9 Å². The van der Waals surface area contributed by atoms with E-state index in [-0.39, 0.29) is 11.8 Å². The maximum absolute atomic E-state index is 12.3. The van der Waals surface area contributed by atoms with E-state index in [1.165, 1.54) is 19.3 Å². The molecule has 2 fully saturated rings.